The van der Waals surface area contributed by atoms with Gasteiger partial charge >= 0.3 is 6.09 Å². The Kier molecular flexibility index (Phi) is 4.70. The van der Waals surface area contributed by atoms with E-state index in [1.54, 1.807) is 31.2 Å². The van der Waals surface area contributed by atoms with Crippen LogP contribution in [0, 0.1) is 16.7 Å². The summed E-state index contributed by atoms with van der Waals surface area (Å²) in [5, 5.41) is 9.72. The van der Waals surface area contributed by atoms with E-state index in [1.807, 2.05) is 6.07 Å². The van der Waals surface area contributed by atoms with Crippen molar-refractivity contribution in [3.63, 3.8) is 0 Å². The lowest BCUT2D eigenvalue weighted by molar-refractivity contribution is -0.0288. The summed E-state index contributed by atoms with van der Waals surface area (Å²) >= 11 is 0. The number of allylic oxidation sites excluding steroid dienone is 1. The van der Waals surface area contributed by atoms with Crippen LogP contribution in [0.4, 0.5) is 4.79 Å². The largest absolute Gasteiger partial charge is 0.467 e. The number of hydrogen-bond donors (Lipinski definition) is 0. The highest BCUT2D eigenvalue weighted by atomic mass is 16.6. The Labute approximate surface area is 134 Å². The van der Waals surface area contributed by atoms with Gasteiger partial charge in [-0.2, -0.15) is 5.26 Å². The van der Waals surface area contributed by atoms with Crippen LogP contribution in [0.3, 0.4) is 0 Å². The molecule has 0 aromatic heterocycles. The molecule has 1 amide bonds. The number of carbonyl (C=O) groups is 2. The second kappa shape index (κ2) is 6.53. The van der Waals surface area contributed by atoms with E-state index < -0.39 is 17.7 Å². The summed E-state index contributed by atoms with van der Waals surface area (Å²) in [7, 11) is 1.44. The highest BCUT2D eigenvalue weighted by molar-refractivity contribution is 6.06. The van der Waals surface area contributed by atoms with E-state index in [1.165, 1.54) is 13.1 Å². The number of benzene rings is 1. The molecule has 0 fully saturated rings. The third-order valence-electron chi connectivity index (χ3n) is 3.77. The number of nitriles is 1. The van der Waals surface area contributed by atoms with Crippen molar-refractivity contribution in [2.75, 3.05) is 13.7 Å². The summed E-state index contributed by atoms with van der Waals surface area (Å²) in [5.41, 5.74) is -1.23. The van der Waals surface area contributed by atoms with Gasteiger partial charge in [-0.1, -0.05) is 18.2 Å². The summed E-state index contributed by atoms with van der Waals surface area (Å²) in [6, 6.07) is 8.70. The van der Waals surface area contributed by atoms with E-state index in [4.69, 9.17) is 9.47 Å². The number of amides is 1. The Hall–Kier alpha value is -2.81. The number of carbonyl (C=O) groups excluding carboxylic acids is 2. The zero-order valence-electron chi connectivity index (χ0n) is 13.1. The zero-order valence-corrected chi connectivity index (χ0v) is 13.1. The minimum atomic E-state index is -1.56. The molecule has 1 aliphatic rings. The van der Waals surface area contributed by atoms with Crippen LogP contribution in [-0.2, 0) is 4.74 Å². The standard InChI is InChI=1S/C17H18N2O4/c1-4-10-17(11-18)14(20)12-8-6-7-9-13(12)23-15(17)19(3)16(21)22-5-2/h4,6-9,15H,1,5,10H2,2-3H3/t15-,17+/m1/s1. The number of Topliss-reactive ketones (excluding diaryl/α,β-unsaturated/α-hetero) is 1. The van der Waals surface area contributed by atoms with Gasteiger partial charge in [-0.05, 0) is 25.5 Å². The number of ketones is 1. The van der Waals surface area contributed by atoms with Gasteiger partial charge in [0.1, 0.15) is 5.75 Å². The molecule has 23 heavy (non-hydrogen) atoms. The number of rotatable bonds is 4. The normalized spacial score (nSPS) is 22.3. The van der Waals surface area contributed by atoms with Crippen LogP contribution in [-0.4, -0.2) is 36.7 Å². The van der Waals surface area contributed by atoms with E-state index in [0.29, 0.717) is 11.3 Å². The Balaban J connectivity index is 2.54. The van der Waals surface area contributed by atoms with E-state index >= 15 is 0 Å². The number of nitrogens with zero attached hydrogens (tertiary/aromatic N) is 2. The molecule has 1 aliphatic heterocycles. The van der Waals surface area contributed by atoms with E-state index in [-0.39, 0.29) is 18.8 Å². The average molecular weight is 314 g/mol. The molecule has 0 bridgehead atoms. The maximum absolute atomic E-state index is 12.9. The van der Waals surface area contributed by atoms with Crippen LogP contribution in [0.1, 0.15) is 23.7 Å². The van der Waals surface area contributed by atoms with Crippen molar-refractivity contribution in [3.8, 4) is 11.8 Å². The van der Waals surface area contributed by atoms with Gasteiger partial charge in [-0.15, -0.1) is 6.58 Å². The molecule has 120 valence electrons. The SMILES string of the molecule is C=CC[C@]1(C#N)C(=O)c2ccccc2O[C@H]1N(C)C(=O)OCC. The van der Waals surface area contributed by atoms with Crippen LogP contribution in [0.15, 0.2) is 36.9 Å². The fourth-order valence-corrected chi connectivity index (χ4v) is 2.63. The van der Waals surface area contributed by atoms with Crippen LogP contribution in [0.5, 0.6) is 5.75 Å². The third kappa shape index (κ3) is 2.66. The van der Waals surface area contributed by atoms with E-state index in [0.717, 1.165) is 4.90 Å². The first-order chi connectivity index (χ1) is 11.0. The molecule has 0 aliphatic carbocycles. The minimum absolute atomic E-state index is 0.0606. The predicted molar refractivity (Wildman–Crippen MR) is 82.8 cm³/mol. The number of ether oxygens (including phenoxy) is 2. The molecule has 0 spiro atoms. The van der Waals surface area contributed by atoms with Gasteiger partial charge in [0.2, 0.25) is 6.23 Å². The summed E-state index contributed by atoms with van der Waals surface area (Å²) in [6.07, 6.45) is -0.213. The van der Waals surface area contributed by atoms with Crippen molar-refractivity contribution in [3.05, 3.63) is 42.5 Å². The summed E-state index contributed by atoms with van der Waals surface area (Å²) in [6.45, 7) is 5.48. The molecule has 6 heteroatoms. The van der Waals surface area contributed by atoms with Gasteiger partial charge < -0.3 is 9.47 Å². The van der Waals surface area contributed by atoms with Crippen LogP contribution in [0.2, 0.25) is 0 Å². The van der Waals surface area contributed by atoms with E-state index in [9.17, 15) is 14.9 Å². The van der Waals surface area contributed by atoms with Crippen molar-refractivity contribution in [2.45, 2.75) is 19.6 Å². The summed E-state index contributed by atoms with van der Waals surface area (Å²) in [5.74, 6) is -0.0449. The Morgan fingerprint density at radius 1 is 1.57 bits per heavy atom. The molecule has 6 nitrogen and oxygen atoms in total. The second-order valence-electron chi connectivity index (χ2n) is 5.18. The Morgan fingerprint density at radius 2 is 2.26 bits per heavy atom. The van der Waals surface area contributed by atoms with Gasteiger partial charge in [0.05, 0.1) is 18.2 Å². The number of para-hydroxylation sites is 1. The molecule has 2 rings (SSSR count). The van der Waals surface area contributed by atoms with Crippen molar-refractivity contribution >= 4 is 11.9 Å². The molecule has 0 radical (unpaired) electrons. The van der Waals surface area contributed by atoms with Gasteiger partial charge in [0.15, 0.2) is 11.2 Å². The minimum Gasteiger partial charge on any atom is -0.467 e. The van der Waals surface area contributed by atoms with Gasteiger partial charge in [0.25, 0.3) is 0 Å². The highest BCUT2D eigenvalue weighted by Gasteiger charge is 2.54. The monoisotopic (exact) mass is 314 g/mol. The molecule has 2 atom stereocenters. The van der Waals surface area contributed by atoms with Crippen LogP contribution >= 0.6 is 0 Å². The van der Waals surface area contributed by atoms with E-state index in [2.05, 4.69) is 6.58 Å². The Bertz CT molecular complexity index is 679. The Morgan fingerprint density at radius 3 is 2.87 bits per heavy atom. The molecule has 1 aromatic carbocycles. The van der Waals surface area contributed by atoms with Gasteiger partial charge in [0, 0.05) is 7.05 Å². The maximum Gasteiger partial charge on any atom is 0.412 e. The van der Waals surface area contributed by atoms with Crippen molar-refractivity contribution < 1.29 is 19.1 Å². The first-order valence-corrected chi connectivity index (χ1v) is 7.24. The molecule has 1 aromatic rings. The third-order valence-corrected chi connectivity index (χ3v) is 3.77. The lowest BCUT2D eigenvalue weighted by Crippen LogP contribution is -2.57. The van der Waals surface area contributed by atoms with Gasteiger partial charge in [-0.25, -0.2) is 4.79 Å². The van der Waals surface area contributed by atoms with Crippen molar-refractivity contribution in [2.24, 2.45) is 5.41 Å². The lowest BCUT2D eigenvalue weighted by atomic mass is 9.74. The summed E-state index contributed by atoms with van der Waals surface area (Å²) in [4.78, 5) is 26.1. The fraction of sp³-hybridized carbons (Fsp3) is 0.353. The molecule has 0 unspecified atom stereocenters. The van der Waals surface area contributed by atoms with Crippen LogP contribution < -0.4 is 4.74 Å². The first kappa shape index (κ1) is 16.6. The average Bonchev–Trinajstić information content (AvgIpc) is 2.57. The molecular weight excluding hydrogens is 296 g/mol. The first-order valence-electron chi connectivity index (χ1n) is 7.24. The topological polar surface area (TPSA) is 79.6 Å². The van der Waals surface area contributed by atoms with Crippen molar-refractivity contribution in [1.82, 2.24) is 4.90 Å². The quantitative estimate of drug-likeness (QED) is 0.798. The molecule has 1 heterocycles. The van der Waals surface area contributed by atoms with Crippen molar-refractivity contribution in [1.29, 1.82) is 5.26 Å². The molecular formula is C17H18N2O4. The second-order valence-corrected chi connectivity index (χ2v) is 5.18. The molecule has 0 N–H and O–H groups in total. The summed E-state index contributed by atoms with van der Waals surface area (Å²) < 4.78 is 10.8. The highest BCUT2D eigenvalue weighted by Crippen LogP contribution is 2.42. The van der Waals surface area contributed by atoms with Gasteiger partial charge in [-0.3, -0.25) is 9.69 Å². The lowest BCUT2D eigenvalue weighted by Gasteiger charge is -2.41. The maximum atomic E-state index is 12.9. The smallest absolute Gasteiger partial charge is 0.412 e. The fourth-order valence-electron chi connectivity index (χ4n) is 2.63. The molecule has 0 saturated carbocycles. The molecule has 0 saturated heterocycles. The number of fused-ring (bicyclic) bond motifs is 1. The number of hydrogen-bond acceptors (Lipinski definition) is 5. The van der Waals surface area contributed by atoms with Crippen LogP contribution in [0.25, 0.3) is 0 Å². The zero-order chi connectivity index (χ0) is 17.0. The predicted octanol–water partition coefficient (Wildman–Crippen LogP) is 2.76.